The van der Waals surface area contributed by atoms with Crippen LogP contribution in [0.3, 0.4) is 0 Å². The van der Waals surface area contributed by atoms with E-state index in [-0.39, 0.29) is 5.60 Å². The number of hydrogen-bond donors (Lipinski definition) is 1. The fraction of sp³-hybridized carbons (Fsp3) is 1.00. The molecule has 2 aliphatic heterocycles. The predicted octanol–water partition coefficient (Wildman–Crippen LogP) is 1.73. The van der Waals surface area contributed by atoms with Crippen LogP contribution in [0.1, 0.15) is 39.0 Å². The van der Waals surface area contributed by atoms with Gasteiger partial charge in [-0.15, -0.1) is 0 Å². The highest BCUT2D eigenvalue weighted by Gasteiger charge is 2.51. The summed E-state index contributed by atoms with van der Waals surface area (Å²) in [5.41, 5.74) is -0.448. The van der Waals surface area contributed by atoms with Crippen LogP contribution in [0.4, 0.5) is 0 Å². The van der Waals surface area contributed by atoms with Gasteiger partial charge < -0.3 is 14.6 Å². The van der Waals surface area contributed by atoms with Gasteiger partial charge in [0, 0.05) is 19.6 Å². The van der Waals surface area contributed by atoms with E-state index in [9.17, 15) is 5.11 Å². The van der Waals surface area contributed by atoms with Crippen LogP contribution in [0.15, 0.2) is 0 Å². The number of aliphatic hydroxyl groups is 1. The summed E-state index contributed by atoms with van der Waals surface area (Å²) in [6.45, 7) is 4.57. The molecule has 2 unspecified atom stereocenters. The monoisotopic (exact) mass is 226 g/mol. The van der Waals surface area contributed by atoms with Gasteiger partial charge in [0.15, 0.2) is 0 Å². The first-order valence-electron chi connectivity index (χ1n) is 6.56. The minimum atomic E-state index is -0.390. The third-order valence-electron chi connectivity index (χ3n) is 4.72. The van der Waals surface area contributed by atoms with Crippen LogP contribution in [-0.2, 0) is 9.47 Å². The van der Waals surface area contributed by atoms with Crippen molar-refractivity contribution in [3.8, 4) is 0 Å². The van der Waals surface area contributed by atoms with Crippen LogP contribution in [-0.4, -0.2) is 36.1 Å². The molecule has 1 N–H and O–H groups in total. The Balaban J connectivity index is 1.68. The quantitative estimate of drug-likeness (QED) is 0.740. The fourth-order valence-electron chi connectivity index (χ4n) is 3.83. The molecule has 2 saturated heterocycles. The Bertz CT molecular complexity index is 264. The summed E-state index contributed by atoms with van der Waals surface area (Å²) in [4.78, 5) is 0. The molecule has 92 valence electrons. The lowest BCUT2D eigenvalue weighted by atomic mass is 9.61. The smallest absolute Gasteiger partial charge is 0.0940 e. The zero-order chi connectivity index (χ0) is 11.2. The number of rotatable bonds is 1. The van der Waals surface area contributed by atoms with Crippen molar-refractivity contribution in [3.05, 3.63) is 0 Å². The maximum Gasteiger partial charge on any atom is 0.0940 e. The molecule has 3 fully saturated rings. The van der Waals surface area contributed by atoms with Crippen LogP contribution >= 0.6 is 0 Å². The lowest BCUT2D eigenvalue weighted by Crippen LogP contribution is -2.54. The molecule has 3 heteroatoms. The number of ether oxygens (including phenoxy) is 2. The highest BCUT2D eigenvalue weighted by molar-refractivity contribution is 5.02. The van der Waals surface area contributed by atoms with Gasteiger partial charge in [0.1, 0.15) is 0 Å². The second kappa shape index (κ2) is 3.69. The van der Waals surface area contributed by atoms with Crippen molar-refractivity contribution < 1.29 is 14.6 Å². The molecular formula is C13H22O3. The summed E-state index contributed by atoms with van der Waals surface area (Å²) < 4.78 is 11.4. The van der Waals surface area contributed by atoms with E-state index in [1.54, 1.807) is 0 Å². The Morgan fingerprint density at radius 2 is 2.00 bits per heavy atom. The molecule has 1 aliphatic carbocycles. The molecule has 2 atom stereocenters. The molecule has 0 aromatic heterocycles. The Morgan fingerprint density at radius 3 is 2.62 bits per heavy atom. The lowest BCUT2D eigenvalue weighted by Gasteiger charge is -2.51. The average Bonchev–Trinajstić information content (AvgIpc) is 2.64. The van der Waals surface area contributed by atoms with Crippen molar-refractivity contribution >= 4 is 0 Å². The third-order valence-corrected chi connectivity index (χ3v) is 4.72. The van der Waals surface area contributed by atoms with E-state index < -0.39 is 5.60 Å². The molecule has 0 radical (unpaired) electrons. The molecular weight excluding hydrogens is 204 g/mol. The third kappa shape index (κ3) is 1.69. The van der Waals surface area contributed by atoms with Gasteiger partial charge in [0.25, 0.3) is 0 Å². The van der Waals surface area contributed by atoms with E-state index in [1.165, 1.54) is 0 Å². The van der Waals surface area contributed by atoms with E-state index in [2.05, 4.69) is 6.92 Å². The Hall–Kier alpha value is -0.120. The van der Waals surface area contributed by atoms with Crippen molar-refractivity contribution in [1.29, 1.82) is 0 Å². The summed E-state index contributed by atoms with van der Waals surface area (Å²) in [6.07, 6.45) is 4.99. The summed E-state index contributed by atoms with van der Waals surface area (Å²) in [5, 5.41) is 10.6. The Morgan fingerprint density at radius 1 is 1.19 bits per heavy atom. The molecule has 0 amide bonds. The highest BCUT2D eigenvalue weighted by Crippen LogP contribution is 2.49. The standard InChI is InChI=1S/C13H22O3/c1-10-6-13(14,7-10)11-2-4-16-12(8-11)3-5-15-9-12/h10-11,14H,2-9H2,1H3. The normalized spacial score (nSPS) is 52.9. The van der Waals surface area contributed by atoms with Gasteiger partial charge in [-0.1, -0.05) is 6.92 Å². The maximum absolute atomic E-state index is 10.6. The van der Waals surface area contributed by atoms with E-state index in [0.717, 1.165) is 51.9 Å². The topological polar surface area (TPSA) is 38.7 Å². The van der Waals surface area contributed by atoms with Crippen molar-refractivity contribution in [1.82, 2.24) is 0 Å². The second-order valence-corrected chi connectivity index (χ2v) is 6.14. The summed E-state index contributed by atoms with van der Waals surface area (Å²) in [5.74, 6) is 1.13. The predicted molar refractivity (Wildman–Crippen MR) is 60.2 cm³/mol. The molecule has 16 heavy (non-hydrogen) atoms. The zero-order valence-electron chi connectivity index (χ0n) is 10.1. The van der Waals surface area contributed by atoms with E-state index in [4.69, 9.17) is 9.47 Å². The molecule has 3 rings (SSSR count). The molecule has 1 saturated carbocycles. The molecule has 0 aromatic rings. The summed E-state index contributed by atoms with van der Waals surface area (Å²) in [7, 11) is 0. The first kappa shape index (κ1) is 11.0. The van der Waals surface area contributed by atoms with Crippen molar-refractivity contribution in [2.24, 2.45) is 11.8 Å². The average molecular weight is 226 g/mol. The zero-order valence-corrected chi connectivity index (χ0v) is 10.1. The van der Waals surface area contributed by atoms with E-state index in [0.29, 0.717) is 11.8 Å². The molecule has 2 heterocycles. The SMILES string of the molecule is CC1CC(O)(C2CCOC3(CCOC3)C2)C1. The van der Waals surface area contributed by atoms with Gasteiger partial charge in [-0.2, -0.15) is 0 Å². The van der Waals surface area contributed by atoms with E-state index in [1.807, 2.05) is 0 Å². The van der Waals surface area contributed by atoms with Gasteiger partial charge in [-0.25, -0.2) is 0 Å². The van der Waals surface area contributed by atoms with Crippen molar-refractivity contribution in [3.63, 3.8) is 0 Å². The summed E-state index contributed by atoms with van der Waals surface area (Å²) in [6, 6.07) is 0. The highest BCUT2D eigenvalue weighted by atomic mass is 16.6. The van der Waals surface area contributed by atoms with Crippen LogP contribution < -0.4 is 0 Å². The Labute approximate surface area is 97.1 Å². The number of hydrogen-bond acceptors (Lipinski definition) is 3. The molecule has 0 aromatic carbocycles. The van der Waals surface area contributed by atoms with Gasteiger partial charge >= 0.3 is 0 Å². The molecule has 0 bridgehead atoms. The molecule has 3 nitrogen and oxygen atoms in total. The summed E-state index contributed by atoms with van der Waals surface area (Å²) >= 11 is 0. The van der Waals surface area contributed by atoms with Gasteiger partial charge in [0.2, 0.25) is 0 Å². The Kier molecular flexibility index (Phi) is 2.54. The van der Waals surface area contributed by atoms with Crippen LogP contribution in [0.2, 0.25) is 0 Å². The minimum Gasteiger partial charge on any atom is -0.390 e. The van der Waals surface area contributed by atoms with Crippen LogP contribution in [0, 0.1) is 11.8 Å². The first-order chi connectivity index (χ1) is 7.62. The van der Waals surface area contributed by atoms with Gasteiger partial charge in [-0.05, 0) is 37.5 Å². The molecule has 3 aliphatic rings. The van der Waals surface area contributed by atoms with Crippen LogP contribution in [0.5, 0.6) is 0 Å². The van der Waals surface area contributed by atoms with Gasteiger partial charge in [0.05, 0.1) is 17.8 Å². The van der Waals surface area contributed by atoms with Crippen molar-refractivity contribution in [2.75, 3.05) is 19.8 Å². The fourth-order valence-corrected chi connectivity index (χ4v) is 3.83. The van der Waals surface area contributed by atoms with E-state index >= 15 is 0 Å². The second-order valence-electron chi connectivity index (χ2n) is 6.14. The first-order valence-corrected chi connectivity index (χ1v) is 6.56. The lowest BCUT2D eigenvalue weighted by molar-refractivity contribution is -0.178. The molecule has 1 spiro atoms. The van der Waals surface area contributed by atoms with Crippen LogP contribution in [0.25, 0.3) is 0 Å². The maximum atomic E-state index is 10.6. The van der Waals surface area contributed by atoms with Crippen molar-refractivity contribution in [2.45, 2.75) is 50.2 Å². The van der Waals surface area contributed by atoms with Gasteiger partial charge in [-0.3, -0.25) is 0 Å². The minimum absolute atomic E-state index is 0.0581. The largest absolute Gasteiger partial charge is 0.390 e.